The Balaban J connectivity index is 2.07. The van der Waals surface area contributed by atoms with E-state index in [-0.39, 0.29) is 24.2 Å². The van der Waals surface area contributed by atoms with Crippen molar-refractivity contribution < 1.29 is 19.2 Å². The minimum Gasteiger partial charge on any atom is -0.452 e. The monoisotopic (exact) mass is 419 g/mol. The van der Waals surface area contributed by atoms with Crippen LogP contribution >= 0.6 is 23.4 Å². The summed E-state index contributed by atoms with van der Waals surface area (Å²) in [5.74, 6) is -1.42. The first-order chi connectivity index (χ1) is 13.4. The summed E-state index contributed by atoms with van der Waals surface area (Å²) in [5.41, 5.74) is -0.301. The number of ether oxygens (including phenoxy) is 1. The third kappa shape index (κ3) is 6.26. The fraction of sp³-hybridized carbons (Fsp3) is 0.167. The number of nitrogens with zero attached hydrogens (tertiary/aromatic N) is 2. The normalized spacial score (nSPS) is 10.0. The van der Waals surface area contributed by atoms with Gasteiger partial charge in [0.2, 0.25) is 0 Å². The number of benzene rings is 2. The molecule has 0 radical (unpaired) electrons. The molecule has 0 heterocycles. The van der Waals surface area contributed by atoms with E-state index in [9.17, 15) is 19.7 Å². The zero-order valence-electron chi connectivity index (χ0n) is 14.4. The maximum absolute atomic E-state index is 12.1. The fourth-order valence-corrected chi connectivity index (χ4v) is 3.05. The summed E-state index contributed by atoms with van der Waals surface area (Å²) in [4.78, 5) is 35.4. The first-order valence-corrected chi connectivity index (χ1v) is 9.13. The van der Waals surface area contributed by atoms with E-state index in [1.165, 1.54) is 12.1 Å². The van der Waals surface area contributed by atoms with E-state index < -0.39 is 23.4 Å². The lowest BCUT2D eigenvalue weighted by molar-refractivity contribution is -0.387. The number of nitro groups is 1. The largest absolute Gasteiger partial charge is 0.452 e. The molecule has 0 aliphatic rings. The van der Waals surface area contributed by atoms with Crippen molar-refractivity contribution in [2.45, 2.75) is 16.2 Å². The maximum Gasteiger partial charge on any atom is 0.338 e. The standard InChI is InChI=1S/C18H14ClN3O5S/c19-13-3-5-14(6-4-13)28-16-7-2-12(10-15(16)22(25)26)18(24)27-11-17(23)21-9-1-8-20/h2-7,10H,1,9,11H2,(H,21,23). The highest BCUT2D eigenvalue weighted by atomic mass is 35.5. The summed E-state index contributed by atoms with van der Waals surface area (Å²) in [7, 11) is 0. The SMILES string of the molecule is N#CCCNC(=O)COC(=O)c1ccc(Sc2ccc(Cl)cc2)c([N+](=O)[O-])c1. The van der Waals surface area contributed by atoms with Crippen molar-refractivity contribution in [3.63, 3.8) is 0 Å². The molecule has 0 aliphatic heterocycles. The highest BCUT2D eigenvalue weighted by Gasteiger charge is 2.20. The van der Waals surface area contributed by atoms with Gasteiger partial charge in [-0.2, -0.15) is 5.26 Å². The van der Waals surface area contributed by atoms with Crippen LogP contribution in [-0.2, 0) is 9.53 Å². The molecule has 0 bridgehead atoms. The first-order valence-electron chi connectivity index (χ1n) is 7.93. The van der Waals surface area contributed by atoms with E-state index in [1.54, 1.807) is 24.3 Å². The summed E-state index contributed by atoms with van der Waals surface area (Å²) < 4.78 is 4.85. The molecular weight excluding hydrogens is 406 g/mol. The molecule has 1 amide bonds. The van der Waals surface area contributed by atoms with E-state index >= 15 is 0 Å². The average Bonchev–Trinajstić information content (AvgIpc) is 2.68. The number of carbonyl (C=O) groups is 2. The van der Waals surface area contributed by atoms with Crippen molar-refractivity contribution >= 4 is 40.9 Å². The molecular formula is C18H14ClN3O5S. The van der Waals surface area contributed by atoms with Crippen LogP contribution in [0.15, 0.2) is 52.3 Å². The van der Waals surface area contributed by atoms with E-state index in [0.717, 1.165) is 22.7 Å². The first kappa shape index (κ1) is 21.2. The Bertz CT molecular complexity index is 928. The van der Waals surface area contributed by atoms with Crippen molar-refractivity contribution in [3.05, 3.63) is 63.2 Å². The second-order valence-electron chi connectivity index (χ2n) is 5.33. The molecule has 10 heteroatoms. The Morgan fingerprint density at radius 1 is 1.25 bits per heavy atom. The van der Waals surface area contributed by atoms with Gasteiger partial charge >= 0.3 is 5.97 Å². The molecule has 0 saturated heterocycles. The van der Waals surface area contributed by atoms with Crippen LogP contribution in [0.3, 0.4) is 0 Å². The number of amides is 1. The van der Waals surface area contributed by atoms with Crippen molar-refractivity contribution in [3.8, 4) is 6.07 Å². The number of carbonyl (C=O) groups excluding carboxylic acids is 2. The molecule has 0 atom stereocenters. The topological polar surface area (TPSA) is 122 Å². The van der Waals surface area contributed by atoms with Crippen molar-refractivity contribution in [1.82, 2.24) is 5.32 Å². The Labute approximate surface area is 169 Å². The van der Waals surface area contributed by atoms with Gasteiger partial charge in [0, 0.05) is 22.5 Å². The van der Waals surface area contributed by atoms with Crippen LogP contribution in [0, 0.1) is 21.4 Å². The second-order valence-corrected chi connectivity index (χ2v) is 6.88. The van der Waals surface area contributed by atoms with Gasteiger partial charge in [-0.25, -0.2) is 4.79 Å². The van der Waals surface area contributed by atoms with Crippen LogP contribution < -0.4 is 5.32 Å². The number of nitro benzene ring substituents is 1. The number of halogens is 1. The van der Waals surface area contributed by atoms with E-state index in [4.69, 9.17) is 21.6 Å². The molecule has 0 aromatic heterocycles. The molecule has 144 valence electrons. The number of esters is 1. The molecule has 0 spiro atoms. The number of nitrogens with one attached hydrogen (secondary N) is 1. The lowest BCUT2D eigenvalue weighted by Gasteiger charge is -2.07. The molecule has 1 N–H and O–H groups in total. The van der Waals surface area contributed by atoms with E-state index in [2.05, 4.69) is 5.32 Å². The predicted octanol–water partition coefficient (Wildman–Crippen LogP) is 3.59. The van der Waals surface area contributed by atoms with Gasteiger partial charge in [-0.3, -0.25) is 14.9 Å². The Hall–Kier alpha value is -3.09. The molecule has 2 aromatic carbocycles. The van der Waals surface area contributed by atoms with Crippen molar-refractivity contribution in [2.75, 3.05) is 13.2 Å². The minimum atomic E-state index is -0.860. The van der Waals surface area contributed by atoms with Gasteiger partial charge in [-0.15, -0.1) is 0 Å². The van der Waals surface area contributed by atoms with Crippen molar-refractivity contribution in [2.24, 2.45) is 0 Å². The lowest BCUT2D eigenvalue weighted by atomic mass is 10.2. The van der Waals surface area contributed by atoms with Crippen LogP contribution in [0.25, 0.3) is 0 Å². The molecule has 2 rings (SSSR count). The van der Waals surface area contributed by atoms with E-state index in [1.807, 2.05) is 6.07 Å². The van der Waals surface area contributed by atoms with Gasteiger partial charge in [-0.05, 0) is 36.4 Å². The zero-order valence-corrected chi connectivity index (χ0v) is 16.0. The van der Waals surface area contributed by atoms with Gasteiger partial charge in [0.15, 0.2) is 6.61 Å². The summed E-state index contributed by atoms with van der Waals surface area (Å²) in [6.07, 6.45) is 0.138. The highest BCUT2D eigenvalue weighted by Crippen LogP contribution is 2.35. The summed E-state index contributed by atoms with van der Waals surface area (Å²) in [5, 5.41) is 22.7. The van der Waals surface area contributed by atoms with Crippen LogP contribution in [0.4, 0.5) is 5.69 Å². The smallest absolute Gasteiger partial charge is 0.338 e. The number of rotatable bonds is 8. The molecule has 0 saturated carbocycles. The minimum absolute atomic E-state index is 0.0445. The summed E-state index contributed by atoms with van der Waals surface area (Å²) in [6.45, 7) is -0.395. The van der Waals surface area contributed by atoms with Crippen LogP contribution in [-0.4, -0.2) is 30.0 Å². The van der Waals surface area contributed by atoms with Crippen molar-refractivity contribution in [1.29, 1.82) is 5.26 Å². The van der Waals surface area contributed by atoms with Crippen LogP contribution in [0.5, 0.6) is 0 Å². The zero-order chi connectivity index (χ0) is 20.5. The third-order valence-electron chi connectivity index (χ3n) is 3.33. The quantitative estimate of drug-likeness (QED) is 0.300. The Morgan fingerprint density at radius 2 is 1.96 bits per heavy atom. The predicted molar refractivity (Wildman–Crippen MR) is 102 cm³/mol. The summed E-state index contributed by atoms with van der Waals surface area (Å²) in [6, 6.07) is 12.6. The summed E-state index contributed by atoms with van der Waals surface area (Å²) >= 11 is 6.99. The van der Waals surface area contributed by atoms with Gasteiger partial charge in [0.1, 0.15) is 0 Å². The Kier molecular flexibility index (Phi) is 7.80. The van der Waals surface area contributed by atoms with Gasteiger partial charge in [0.05, 0.1) is 27.9 Å². The molecule has 0 unspecified atom stereocenters. The average molecular weight is 420 g/mol. The van der Waals surface area contributed by atoms with Gasteiger partial charge in [0.25, 0.3) is 11.6 Å². The molecule has 0 fully saturated rings. The Morgan fingerprint density at radius 3 is 2.61 bits per heavy atom. The molecule has 8 nitrogen and oxygen atoms in total. The number of nitriles is 1. The lowest BCUT2D eigenvalue weighted by Crippen LogP contribution is -2.29. The molecule has 28 heavy (non-hydrogen) atoms. The van der Waals surface area contributed by atoms with Crippen LogP contribution in [0.1, 0.15) is 16.8 Å². The van der Waals surface area contributed by atoms with Gasteiger partial charge < -0.3 is 10.1 Å². The molecule has 2 aromatic rings. The van der Waals surface area contributed by atoms with Crippen LogP contribution in [0.2, 0.25) is 5.02 Å². The van der Waals surface area contributed by atoms with Gasteiger partial charge in [-0.1, -0.05) is 23.4 Å². The second kappa shape index (κ2) is 10.3. The third-order valence-corrected chi connectivity index (χ3v) is 4.65. The van der Waals surface area contributed by atoms with E-state index in [0.29, 0.717) is 9.92 Å². The highest BCUT2D eigenvalue weighted by molar-refractivity contribution is 7.99. The number of hydrogen-bond donors (Lipinski definition) is 1. The maximum atomic E-state index is 12.1. The molecule has 0 aliphatic carbocycles. The number of hydrogen-bond acceptors (Lipinski definition) is 7. The fourth-order valence-electron chi connectivity index (χ4n) is 2.03.